The summed E-state index contributed by atoms with van der Waals surface area (Å²) in [4.78, 5) is 60.3. The SMILES string of the molecule is O=C([O-])CC(O)(CC(=O)O)C(=O)O.O=C([O-])CC(O)(CC(=O)[O-])C(=O)[O-].[K+].[Na+].[Na+].[Na+]. The van der Waals surface area contributed by atoms with Crippen molar-refractivity contribution in [3.05, 3.63) is 0 Å². The zero-order valence-corrected chi connectivity index (χ0v) is 25.8. The first-order chi connectivity index (χ1) is 11.6. The van der Waals surface area contributed by atoms with Gasteiger partial charge in [-0.3, -0.25) is 4.79 Å². The van der Waals surface area contributed by atoms with Crippen LogP contribution >= 0.6 is 0 Å². The normalized spacial score (nSPS) is 11.0. The zero-order valence-electron chi connectivity index (χ0n) is 16.7. The molecule has 148 valence electrons. The van der Waals surface area contributed by atoms with Crippen LogP contribution in [0, 0.1) is 0 Å². The third-order valence-corrected chi connectivity index (χ3v) is 2.53. The van der Waals surface area contributed by atoms with Crippen molar-refractivity contribution in [1.82, 2.24) is 0 Å². The third kappa shape index (κ3) is 21.2. The summed E-state index contributed by atoms with van der Waals surface area (Å²) in [5.41, 5.74) is -5.78. The van der Waals surface area contributed by atoms with Crippen LogP contribution in [0.5, 0.6) is 0 Å². The van der Waals surface area contributed by atoms with Gasteiger partial charge in [0.15, 0.2) is 5.60 Å². The molecule has 14 nitrogen and oxygen atoms in total. The Balaban J connectivity index is -0.0000000847. The summed E-state index contributed by atoms with van der Waals surface area (Å²) in [6, 6.07) is 0. The Kier molecular flexibility index (Phi) is 31.4. The molecule has 0 saturated carbocycles. The Morgan fingerprint density at radius 1 is 0.600 bits per heavy atom. The number of aliphatic hydroxyl groups is 2. The van der Waals surface area contributed by atoms with Gasteiger partial charge >= 0.3 is 152 Å². The van der Waals surface area contributed by atoms with E-state index < -0.39 is 72.7 Å². The third-order valence-electron chi connectivity index (χ3n) is 2.53. The van der Waals surface area contributed by atoms with Crippen LogP contribution in [0.25, 0.3) is 0 Å². The number of carbonyl (C=O) groups is 6. The number of rotatable bonds is 10. The van der Waals surface area contributed by atoms with Crippen LogP contribution in [-0.4, -0.2) is 67.4 Å². The molecule has 0 radical (unpaired) electrons. The molecular weight excluding hydrogens is 476 g/mol. The van der Waals surface area contributed by atoms with Crippen LogP contribution in [0.1, 0.15) is 25.7 Å². The number of hydrogen-bond donors (Lipinski definition) is 4. The molecule has 0 aliphatic carbocycles. The van der Waals surface area contributed by atoms with Crippen molar-refractivity contribution in [3.63, 3.8) is 0 Å². The van der Waals surface area contributed by atoms with Crippen molar-refractivity contribution in [3.8, 4) is 0 Å². The fourth-order valence-electron chi connectivity index (χ4n) is 1.39. The van der Waals surface area contributed by atoms with Crippen LogP contribution in [0.2, 0.25) is 0 Å². The van der Waals surface area contributed by atoms with E-state index in [4.69, 9.17) is 20.4 Å². The Morgan fingerprint density at radius 2 is 0.867 bits per heavy atom. The predicted molar refractivity (Wildman–Crippen MR) is 63.7 cm³/mol. The zero-order chi connectivity index (χ0) is 21.3. The van der Waals surface area contributed by atoms with Gasteiger partial charge in [-0.15, -0.1) is 0 Å². The smallest absolute Gasteiger partial charge is 0.550 e. The van der Waals surface area contributed by atoms with Crippen LogP contribution in [0.15, 0.2) is 0 Å². The first kappa shape index (κ1) is 45.0. The van der Waals surface area contributed by atoms with E-state index in [1.54, 1.807) is 0 Å². The maximum absolute atomic E-state index is 10.3. The molecule has 0 amide bonds. The number of carboxylic acid groups (broad SMARTS) is 6. The summed E-state index contributed by atoms with van der Waals surface area (Å²) < 4.78 is 0. The molecule has 0 aromatic carbocycles. The van der Waals surface area contributed by atoms with Crippen LogP contribution < -0.4 is 160 Å². The fourth-order valence-corrected chi connectivity index (χ4v) is 1.39. The average molecular weight is 488 g/mol. The van der Waals surface area contributed by atoms with Gasteiger partial charge in [0, 0.05) is 37.2 Å². The summed E-state index contributed by atoms with van der Waals surface area (Å²) >= 11 is 0. The number of carboxylic acids is 6. The van der Waals surface area contributed by atoms with Gasteiger partial charge in [0.25, 0.3) is 0 Å². The molecule has 0 aromatic rings. The number of carbonyl (C=O) groups excluding carboxylic acids is 4. The molecule has 0 fully saturated rings. The topological polar surface area (TPSA) is 276 Å². The van der Waals surface area contributed by atoms with Crippen molar-refractivity contribution < 1.29 is 210 Å². The van der Waals surface area contributed by atoms with Gasteiger partial charge in [-0.2, -0.15) is 0 Å². The van der Waals surface area contributed by atoms with Gasteiger partial charge in [-0.25, -0.2) is 4.79 Å². The van der Waals surface area contributed by atoms with Crippen LogP contribution in [0.4, 0.5) is 0 Å². The van der Waals surface area contributed by atoms with E-state index in [2.05, 4.69) is 0 Å². The van der Waals surface area contributed by atoms with E-state index in [1.807, 2.05) is 0 Å². The summed E-state index contributed by atoms with van der Waals surface area (Å²) in [6.45, 7) is 0. The van der Waals surface area contributed by atoms with E-state index in [0.29, 0.717) is 0 Å². The van der Waals surface area contributed by atoms with Crippen molar-refractivity contribution in [1.29, 1.82) is 0 Å². The molecule has 1 atom stereocenters. The molecular formula is C12H12KNa3O14. The molecule has 0 rings (SSSR count). The number of aliphatic carboxylic acids is 6. The molecule has 0 bridgehead atoms. The van der Waals surface area contributed by atoms with Crippen LogP contribution in [0.3, 0.4) is 0 Å². The quantitative estimate of drug-likeness (QED) is 0.208. The van der Waals surface area contributed by atoms with Crippen molar-refractivity contribution in [2.75, 3.05) is 0 Å². The van der Waals surface area contributed by atoms with Gasteiger partial charge < -0.3 is 60.0 Å². The number of hydrogen-bond acceptors (Lipinski definition) is 12. The molecule has 30 heavy (non-hydrogen) atoms. The van der Waals surface area contributed by atoms with Crippen molar-refractivity contribution in [2.45, 2.75) is 36.9 Å². The van der Waals surface area contributed by atoms with E-state index >= 15 is 0 Å². The molecule has 0 aliphatic heterocycles. The van der Waals surface area contributed by atoms with Crippen molar-refractivity contribution >= 4 is 35.8 Å². The summed E-state index contributed by atoms with van der Waals surface area (Å²) in [5.74, 6) is -11.3. The standard InChI is InChI=1S/2C6H8O7.K.3Na/c2*7-3(8)1-6(13,5(11)12)2-4(9)10;;;;/h2*13H,1-2H2,(H,7,8)(H,9,10)(H,11,12);;;;/q;;4*+1/p-4. The van der Waals surface area contributed by atoms with E-state index in [-0.39, 0.29) is 140 Å². The molecule has 0 heterocycles. The second-order valence-electron chi connectivity index (χ2n) is 4.87. The molecule has 4 N–H and O–H groups in total. The first-order valence-electron chi connectivity index (χ1n) is 6.26. The molecule has 0 spiro atoms. The first-order valence-corrected chi connectivity index (χ1v) is 6.26. The van der Waals surface area contributed by atoms with Gasteiger partial charge in [-0.05, 0) is 0 Å². The Labute approximate surface area is 277 Å². The minimum absolute atomic E-state index is 0. The molecule has 0 aliphatic rings. The fraction of sp³-hybridized carbons (Fsp3) is 0.500. The van der Waals surface area contributed by atoms with Crippen molar-refractivity contribution in [2.24, 2.45) is 0 Å². The Bertz CT molecular complexity index is 527. The van der Waals surface area contributed by atoms with Gasteiger partial charge in [0.1, 0.15) is 5.60 Å². The second-order valence-corrected chi connectivity index (χ2v) is 4.87. The maximum atomic E-state index is 10.3. The van der Waals surface area contributed by atoms with Gasteiger partial charge in [0.2, 0.25) is 0 Å². The Hall–Kier alpha value is 1.38. The monoisotopic (exact) mass is 488 g/mol. The van der Waals surface area contributed by atoms with E-state index in [1.165, 1.54) is 0 Å². The summed E-state index contributed by atoms with van der Waals surface area (Å²) in [7, 11) is 0. The maximum Gasteiger partial charge on any atom is 1.00 e. The minimum Gasteiger partial charge on any atom is -0.550 e. The van der Waals surface area contributed by atoms with Crippen LogP contribution in [-0.2, 0) is 28.8 Å². The predicted octanol–water partition coefficient (Wildman–Crippen LogP) is -19.8. The minimum atomic E-state index is -2.97. The van der Waals surface area contributed by atoms with E-state index in [0.717, 1.165) is 0 Å². The molecule has 18 heteroatoms. The summed E-state index contributed by atoms with van der Waals surface area (Å²) in [5, 5.41) is 74.4. The molecule has 1 unspecified atom stereocenters. The largest absolute Gasteiger partial charge is 1.00 e. The Morgan fingerprint density at radius 3 is 1.03 bits per heavy atom. The summed E-state index contributed by atoms with van der Waals surface area (Å²) in [6.07, 6.45) is -5.16. The molecule has 0 saturated heterocycles. The van der Waals surface area contributed by atoms with Gasteiger partial charge in [-0.1, -0.05) is 0 Å². The second kappa shape index (κ2) is 20.9. The van der Waals surface area contributed by atoms with E-state index in [9.17, 15) is 49.2 Å². The van der Waals surface area contributed by atoms with Gasteiger partial charge in [0.05, 0.1) is 12.4 Å². The average Bonchev–Trinajstić information content (AvgIpc) is 2.34. The molecule has 0 aromatic heterocycles.